The first-order chi connectivity index (χ1) is 11.8. The number of unbranched alkanes of at least 4 members (excludes halogenated alkanes) is 2. The van der Waals surface area contributed by atoms with Crippen LogP contribution in [-0.4, -0.2) is 25.0 Å². The number of benzene rings is 1. The Morgan fingerprint density at radius 3 is 2.75 bits per heavy atom. The Hall–Kier alpha value is -2.34. The molecule has 0 spiro atoms. The van der Waals surface area contributed by atoms with E-state index in [1.54, 1.807) is 12.4 Å². The predicted octanol–water partition coefficient (Wildman–Crippen LogP) is 3.87. The Labute approximate surface area is 147 Å². The topological polar surface area (TPSA) is 55.6 Å². The minimum Gasteiger partial charge on any atom is -0.354 e. The van der Waals surface area contributed by atoms with Crippen LogP contribution in [0.1, 0.15) is 44.3 Å². The van der Waals surface area contributed by atoms with Gasteiger partial charge in [0.2, 0.25) is 0 Å². The molecule has 3 rings (SSSR count). The van der Waals surface area contributed by atoms with Gasteiger partial charge in [-0.15, -0.1) is 5.10 Å². The molecule has 0 saturated heterocycles. The standard InChI is InChI=1S/C18H21N5S/c1-2-3-4-9-17(20-18(24)14-10-12-19-13-11-14)23-16-8-6-5-7-15(16)21-22-23/h5-8,10-13,17H,2-4,9H2,1H3,(H,20,24). The second-order valence-electron chi connectivity index (χ2n) is 5.74. The Balaban J connectivity index is 1.84. The van der Waals surface area contributed by atoms with Gasteiger partial charge in [-0.25, -0.2) is 4.68 Å². The van der Waals surface area contributed by atoms with Gasteiger partial charge in [-0.3, -0.25) is 4.98 Å². The number of nitrogens with one attached hydrogen (secondary N) is 1. The SMILES string of the molecule is CCCCCC(NC(=S)c1ccncc1)n1nnc2ccccc21. The maximum atomic E-state index is 5.57. The summed E-state index contributed by atoms with van der Waals surface area (Å²) in [6.45, 7) is 2.20. The highest BCUT2D eigenvalue weighted by Gasteiger charge is 2.17. The average molecular weight is 339 g/mol. The van der Waals surface area contributed by atoms with E-state index < -0.39 is 0 Å². The summed E-state index contributed by atoms with van der Waals surface area (Å²) in [5.74, 6) is 0. The summed E-state index contributed by atoms with van der Waals surface area (Å²) in [5, 5.41) is 12.1. The molecule has 1 atom stereocenters. The molecule has 1 N–H and O–H groups in total. The van der Waals surface area contributed by atoms with E-state index in [1.165, 1.54) is 12.8 Å². The molecule has 0 radical (unpaired) electrons. The van der Waals surface area contributed by atoms with Gasteiger partial charge < -0.3 is 5.32 Å². The number of fused-ring (bicyclic) bond motifs is 1. The van der Waals surface area contributed by atoms with Crippen molar-refractivity contribution in [3.63, 3.8) is 0 Å². The van der Waals surface area contributed by atoms with Gasteiger partial charge in [0.1, 0.15) is 16.7 Å². The summed E-state index contributed by atoms with van der Waals surface area (Å²) >= 11 is 5.57. The molecule has 5 nitrogen and oxygen atoms in total. The van der Waals surface area contributed by atoms with Crippen LogP contribution in [0.2, 0.25) is 0 Å². The largest absolute Gasteiger partial charge is 0.354 e. The molecule has 124 valence electrons. The zero-order valence-corrected chi connectivity index (χ0v) is 14.5. The summed E-state index contributed by atoms with van der Waals surface area (Å²) in [5.41, 5.74) is 2.88. The molecule has 2 heterocycles. The fourth-order valence-electron chi connectivity index (χ4n) is 2.70. The van der Waals surface area contributed by atoms with Gasteiger partial charge in [0.05, 0.1) is 5.52 Å². The highest BCUT2D eigenvalue weighted by atomic mass is 32.1. The fraction of sp³-hybridized carbons (Fsp3) is 0.333. The van der Waals surface area contributed by atoms with Crippen molar-refractivity contribution >= 4 is 28.2 Å². The monoisotopic (exact) mass is 339 g/mol. The molecule has 3 aromatic rings. The van der Waals surface area contributed by atoms with Crippen molar-refractivity contribution in [3.8, 4) is 0 Å². The first-order valence-electron chi connectivity index (χ1n) is 8.30. The highest BCUT2D eigenvalue weighted by Crippen LogP contribution is 2.19. The van der Waals surface area contributed by atoms with Crippen molar-refractivity contribution in [1.82, 2.24) is 25.3 Å². The van der Waals surface area contributed by atoms with Crippen LogP contribution >= 0.6 is 12.2 Å². The number of nitrogens with zero attached hydrogens (tertiary/aromatic N) is 4. The number of pyridine rings is 1. The van der Waals surface area contributed by atoms with Crippen molar-refractivity contribution in [1.29, 1.82) is 0 Å². The van der Waals surface area contributed by atoms with Gasteiger partial charge in [0.15, 0.2) is 0 Å². The number of rotatable bonds is 7. The van der Waals surface area contributed by atoms with Crippen LogP contribution in [0.25, 0.3) is 11.0 Å². The minimum atomic E-state index is -0.00962. The molecule has 0 bridgehead atoms. The average Bonchev–Trinajstić information content (AvgIpc) is 3.06. The van der Waals surface area contributed by atoms with E-state index in [9.17, 15) is 0 Å². The molecule has 0 fully saturated rings. The van der Waals surface area contributed by atoms with Crippen LogP contribution in [0.15, 0.2) is 48.8 Å². The third-order valence-corrected chi connectivity index (χ3v) is 4.35. The molecule has 1 unspecified atom stereocenters. The third-order valence-electron chi connectivity index (χ3n) is 3.99. The third kappa shape index (κ3) is 3.76. The second-order valence-corrected chi connectivity index (χ2v) is 6.15. The van der Waals surface area contributed by atoms with Gasteiger partial charge in [0.25, 0.3) is 0 Å². The zero-order valence-electron chi connectivity index (χ0n) is 13.7. The van der Waals surface area contributed by atoms with Crippen LogP contribution in [0.3, 0.4) is 0 Å². The van der Waals surface area contributed by atoms with Crippen molar-refractivity contribution in [3.05, 3.63) is 54.4 Å². The lowest BCUT2D eigenvalue weighted by molar-refractivity contribution is 0.387. The highest BCUT2D eigenvalue weighted by molar-refractivity contribution is 7.80. The lowest BCUT2D eigenvalue weighted by Crippen LogP contribution is -2.32. The number of aromatic nitrogens is 4. The van der Waals surface area contributed by atoms with E-state index in [2.05, 4.69) is 27.5 Å². The second kappa shape index (κ2) is 7.97. The van der Waals surface area contributed by atoms with Crippen LogP contribution < -0.4 is 5.32 Å². The van der Waals surface area contributed by atoms with Crippen LogP contribution in [0.5, 0.6) is 0 Å². The molecule has 0 aliphatic heterocycles. The normalized spacial score (nSPS) is 12.2. The van der Waals surface area contributed by atoms with E-state index in [0.29, 0.717) is 4.99 Å². The van der Waals surface area contributed by atoms with E-state index in [4.69, 9.17) is 12.2 Å². The molecule has 0 aliphatic carbocycles. The Morgan fingerprint density at radius 1 is 1.17 bits per heavy atom. The Bertz CT molecular complexity index is 799. The lowest BCUT2D eigenvalue weighted by atomic mass is 10.1. The molecule has 0 aliphatic rings. The lowest BCUT2D eigenvalue weighted by Gasteiger charge is -2.21. The molecule has 24 heavy (non-hydrogen) atoms. The van der Waals surface area contributed by atoms with Crippen molar-refractivity contribution in [2.24, 2.45) is 0 Å². The maximum absolute atomic E-state index is 5.57. The number of hydrogen-bond donors (Lipinski definition) is 1. The van der Waals surface area contributed by atoms with E-state index in [-0.39, 0.29) is 6.17 Å². The molecule has 6 heteroatoms. The van der Waals surface area contributed by atoms with E-state index in [0.717, 1.165) is 29.4 Å². The summed E-state index contributed by atoms with van der Waals surface area (Å²) < 4.78 is 1.94. The minimum absolute atomic E-state index is 0.00962. The van der Waals surface area contributed by atoms with Crippen molar-refractivity contribution < 1.29 is 0 Å². The van der Waals surface area contributed by atoms with Crippen molar-refractivity contribution in [2.45, 2.75) is 38.8 Å². The summed E-state index contributed by atoms with van der Waals surface area (Å²) in [7, 11) is 0. The first-order valence-corrected chi connectivity index (χ1v) is 8.71. The predicted molar refractivity (Wildman–Crippen MR) is 99.8 cm³/mol. The van der Waals surface area contributed by atoms with Gasteiger partial charge in [-0.1, -0.05) is 49.3 Å². The first kappa shape index (κ1) is 16.5. The quantitative estimate of drug-likeness (QED) is 0.523. The molecular weight excluding hydrogens is 318 g/mol. The zero-order chi connectivity index (χ0) is 16.8. The van der Waals surface area contributed by atoms with Crippen LogP contribution in [0, 0.1) is 0 Å². The van der Waals surface area contributed by atoms with Gasteiger partial charge >= 0.3 is 0 Å². The van der Waals surface area contributed by atoms with Gasteiger partial charge in [-0.05, 0) is 37.1 Å². The smallest absolute Gasteiger partial charge is 0.123 e. The molecule has 0 amide bonds. The van der Waals surface area contributed by atoms with Crippen LogP contribution in [0.4, 0.5) is 0 Å². The van der Waals surface area contributed by atoms with Crippen molar-refractivity contribution in [2.75, 3.05) is 0 Å². The number of para-hydroxylation sites is 1. The van der Waals surface area contributed by atoms with Crippen LogP contribution in [-0.2, 0) is 0 Å². The maximum Gasteiger partial charge on any atom is 0.123 e. The number of hydrogen-bond acceptors (Lipinski definition) is 4. The van der Waals surface area contributed by atoms with Gasteiger partial charge in [-0.2, -0.15) is 0 Å². The molecule has 1 aromatic carbocycles. The van der Waals surface area contributed by atoms with Gasteiger partial charge in [0, 0.05) is 18.0 Å². The molecule has 0 saturated carbocycles. The summed E-state index contributed by atoms with van der Waals surface area (Å²) in [4.78, 5) is 4.75. The molecular formula is C18H21N5S. The Kier molecular flexibility index (Phi) is 5.48. The van der Waals surface area contributed by atoms with E-state index >= 15 is 0 Å². The summed E-state index contributed by atoms with van der Waals surface area (Å²) in [6, 6.07) is 11.8. The van der Waals surface area contributed by atoms with E-state index in [1.807, 2.05) is 41.1 Å². The Morgan fingerprint density at radius 2 is 1.96 bits per heavy atom. The summed E-state index contributed by atoms with van der Waals surface area (Å²) in [6.07, 6.45) is 7.92. The number of thiocarbonyl (C=S) groups is 1. The fourth-order valence-corrected chi connectivity index (χ4v) is 2.97. The molecule has 2 aromatic heterocycles.